The Morgan fingerprint density at radius 2 is 2.04 bits per heavy atom. The molecular formula is C21H25ClN2O. The molecule has 1 aliphatic heterocycles. The van der Waals surface area contributed by atoms with Gasteiger partial charge in [0.05, 0.1) is 10.6 Å². The number of amides is 1. The molecule has 0 bridgehead atoms. The number of benzene rings is 2. The number of carbonyl (C=O) groups excluding carboxylic acids is 1. The van der Waals surface area contributed by atoms with Crippen LogP contribution < -0.4 is 5.32 Å². The van der Waals surface area contributed by atoms with Gasteiger partial charge < -0.3 is 5.32 Å². The first-order valence-electron chi connectivity index (χ1n) is 8.92. The molecule has 0 aromatic heterocycles. The Kier molecular flexibility index (Phi) is 6.11. The molecule has 0 aliphatic carbocycles. The van der Waals surface area contributed by atoms with E-state index in [2.05, 4.69) is 40.5 Å². The van der Waals surface area contributed by atoms with Crippen molar-refractivity contribution in [1.82, 2.24) is 10.2 Å². The van der Waals surface area contributed by atoms with E-state index in [0.717, 1.165) is 31.6 Å². The van der Waals surface area contributed by atoms with Gasteiger partial charge in [-0.05, 0) is 49.9 Å². The topological polar surface area (TPSA) is 32.3 Å². The Balaban J connectivity index is 1.42. The van der Waals surface area contributed by atoms with Gasteiger partial charge >= 0.3 is 0 Å². The molecule has 25 heavy (non-hydrogen) atoms. The van der Waals surface area contributed by atoms with Crippen LogP contribution in [0.15, 0.2) is 48.5 Å². The zero-order valence-corrected chi connectivity index (χ0v) is 15.4. The molecule has 1 N–H and O–H groups in total. The molecule has 3 rings (SSSR count). The normalized spacial score (nSPS) is 17.6. The summed E-state index contributed by atoms with van der Waals surface area (Å²) in [6, 6.07) is 16.1. The molecule has 2 aromatic carbocycles. The van der Waals surface area contributed by atoms with E-state index in [1.807, 2.05) is 19.1 Å². The molecule has 132 valence electrons. The van der Waals surface area contributed by atoms with Gasteiger partial charge in [-0.15, -0.1) is 0 Å². The first kappa shape index (κ1) is 18.0. The SMILES string of the molecule is Cc1ccc(Cl)c(C(=O)NCCC2CCN(Cc3ccccc3)C2)c1. The lowest BCUT2D eigenvalue weighted by Crippen LogP contribution is -2.27. The summed E-state index contributed by atoms with van der Waals surface area (Å²) in [5.74, 6) is 0.574. The first-order chi connectivity index (χ1) is 12.1. The summed E-state index contributed by atoms with van der Waals surface area (Å²) in [4.78, 5) is 14.8. The second kappa shape index (κ2) is 8.50. The Labute approximate surface area is 155 Å². The van der Waals surface area contributed by atoms with E-state index in [-0.39, 0.29) is 5.91 Å². The van der Waals surface area contributed by atoms with Gasteiger partial charge in [0, 0.05) is 19.6 Å². The van der Waals surface area contributed by atoms with Crippen LogP contribution >= 0.6 is 11.6 Å². The molecule has 1 unspecified atom stereocenters. The first-order valence-corrected chi connectivity index (χ1v) is 9.30. The third-order valence-electron chi connectivity index (χ3n) is 4.82. The van der Waals surface area contributed by atoms with Gasteiger partial charge in [0.15, 0.2) is 0 Å². The van der Waals surface area contributed by atoms with Crippen molar-refractivity contribution in [2.75, 3.05) is 19.6 Å². The van der Waals surface area contributed by atoms with Crippen molar-refractivity contribution in [2.45, 2.75) is 26.3 Å². The number of nitrogens with zero attached hydrogens (tertiary/aromatic N) is 1. The number of halogens is 1. The largest absolute Gasteiger partial charge is 0.352 e. The predicted octanol–water partition coefficient (Wildman–Crippen LogP) is 4.29. The molecule has 0 saturated carbocycles. The number of aryl methyl sites for hydroxylation is 1. The smallest absolute Gasteiger partial charge is 0.252 e. The fraction of sp³-hybridized carbons (Fsp3) is 0.381. The second-order valence-electron chi connectivity index (χ2n) is 6.90. The molecule has 0 radical (unpaired) electrons. The highest BCUT2D eigenvalue weighted by Gasteiger charge is 2.22. The fourth-order valence-corrected chi connectivity index (χ4v) is 3.64. The van der Waals surface area contributed by atoms with Crippen LogP contribution in [-0.4, -0.2) is 30.4 Å². The minimum absolute atomic E-state index is 0.0761. The quantitative estimate of drug-likeness (QED) is 0.837. The molecule has 4 heteroatoms. The number of hydrogen-bond donors (Lipinski definition) is 1. The Morgan fingerprint density at radius 1 is 1.24 bits per heavy atom. The molecular weight excluding hydrogens is 332 g/mol. The average Bonchev–Trinajstić information content (AvgIpc) is 3.05. The number of carbonyl (C=O) groups is 1. The van der Waals surface area contributed by atoms with Gasteiger partial charge in [-0.2, -0.15) is 0 Å². The monoisotopic (exact) mass is 356 g/mol. The molecule has 1 amide bonds. The van der Waals surface area contributed by atoms with Gasteiger partial charge in [0.25, 0.3) is 5.91 Å². The van der Waals surface area contributed by atoms with Crippen molar-refractivity contribution in [1.29, 1.82) is 0 Å². The average molecular weight is 357 g/mol. The standard InChI is InChI=1S/C21H25ClN2O/c1-16-7-8-20(22)19(13-16)21(25)23-11-9-18-10-12-24(15-18)14-17-5-3-2-4-6-17/h2-8,13,18H,9-12,14-15H2,1H3,(H,23,25). The zero-order valence-electron chi connectivity index (χ0n) is 14.7. The van der Waals surface area contributed by atoms with Gasteiger partial charge in [-0.25, -0.2) is 0 Å². The zero-order chi connectivity index (χ0) is 17.6. The van der Waals surface area contributed by atoms with E-state index in [0.29, 0.717) is 23.0 Å². The maximum atomic E-state index is 12.3. The van der Waals surface area contributed by atoms with E-state index >= 15 is 0 Å². The summed E-state index contributed by atoms with van der Waals surface area (Å²) in [7, 11) is 0. The van der Waals surface area contributed by atoms with Crippen LogP contribution in [-0.2, 0) is 6.54 Å². The molecule has 1 heterocycles. The summed E-state index contributed by atoms with van der Waals surface area (Å²) in [5.41, 5.74) is 2.98. The van der Waals surface area contributed by atoms with Crippen LogP contribution in [0, 0.1) is 12.8 Å². The third-order valence-corrected chi connectivity index (χ3v) is 5.15. The molecule has 1 fully saturated rings. The van der Waals surface area contributed by atoms with Gasteiger partial charge in [0.2, 0.25) is 0 Å². The third kappa shape index (κ3) is 5.07. The van der Waals surface area contributed by atoms with Crippen molar-refractivity contribution in [3.8, 4) is 0 Å². The second-order valence-corrected chi connectivity index (χ2v) is 7.31. The maximum absolute atomic E-state index is 12.3. The molecule has 1 atom stereocenters. The van der Waals surface area contributed by atoms with Crippen molar-refractivity contribution < 1.29 is 4.79 Å². The maximum Gasteiger partial charge on any atom is 0.252 e. The number of rotatable bonds is 6. The summed E-state index contributed by atoms with van der Waals surface area (Å²) in [5, 5.41) is 3.53. The lowest BCUT2D eigenvalue weighted by atomic mass is 10.0. The minimum atomic E-state index is -0.0761. The van der Waals surface area contributed by atoms with Crippen LogP contribution in [0.1, 0.15) is 34.3 Å². The Bertz CT molecular complexity index is 717. The van der Waals surface area contributed by atoms with Crippen LogP contribution in [0.3, 0.4) is 0 Å². The highest BCUT2D eigenvalue weighted by Crippen LogP contribution is 2.21. The summed E-state index contributed by atoms with van der Waals surface area (Å²) >= 11 is 6.13. The van der Waals surface area contributed by atoms with E-state index in [4.69, 9.17) is 11.6 Å². The number of likely N-dealkylation sites (tertiary alicyclic amines) is 1. The van der Waals surface area contributed by atoms with E-state index in [1.54, 1.807) is 6.07 Å². The van der Waals surface area contributed by atoms with E-state index in [1.165, 1.54) is 12.0 Å². The molecule has 1 aliphatic rings. The van der Waals surface area contributed by atoms with Crippen molar-refractivity contribution in [3.05, 3.63) is 70.2 Å². The van der Waals surface area contributed by atoms with Gasteiger partial charge in [0.1, 0.15) is 0 Å². The summed E-state index contributed by atoms with van der Waals surface area (Å²) in [6.45, 7) is 5.93. The summed E-state index contributed by atoms with van der Waals surface area (Å²) < 4.78 is 0. The van der Waals surface area contributed by atoms with E-state index in [9.17, 15) is 4.79 Å². The molecule has 1 saturated heterocycles. The van der Waals surface area contributed by atoms with Crippen LogP contribution in [0.4, 0.5) is 0 Å². The van der Waals surface area contributed by atoms with E-state index < -0.39 is 0 Å². The lowest BCUT2D eigenvalue weighted by Gasteiger charge is -2.16. The highest BCUT2D eigenvalue weighted by atomic mass is 35.5. The Morgan fingerprint density at radius 3 is 2.84 bits per heavy atom. The van der Waals surface area contributed by atoms with Crippen molar-refractivity contribution in [2.24, 2.45) is 5.92 Å². The van der Waals surface area contributed by atoms with Crippen molar-refractivity contribution >= 4 is 17.5 Å². The van der Waals surface area contributed by atoms with Crippen LogP contribution in [0.2, 0.25) is 5.02 Å². The van der Waals surface area contributed by atoms with Crippen LogP contribution in [0.5, 0.6) is 0 Å². The molecule has 0 spiro atoms. The minimum Gasteiger partial charge on any atom is -0.352 e. The highest BCUT2D eigenvalue weighted by molar-refractivity contribution is 6.33. The lowest BCUT2D eigenvalue weighted by molar-refractivity contribution is 0.0951. The fourth-order valence-electron chi connectivity index (χ4n) is 3.43. The van der Waals surface area contributed by atoms with Gasteiger partial charge in [-0.3, -0.25) is 9.69 Å². The van der Waals surface area contributed by atoms with Crippen molar-refractivity contribution in [3.63, 3.8) is 0 Å². The number of nitrogens with one attached hydrogen (secondary N) is 1. The predicted molar refractivity (Wildman–Crippen MR) is 103 cm³/mol. The Hall–Kier alpha value is -1.84. The van der Waals surface area contributed by atoms with Gasteiger partial charge in [-0.1, -0.05) is 53.6 Å². The number of hydrogen-bond acceptors (Lipinski definition) is 2. The molecule has 2 aromatic rings. The summed E-state index contributed by atoms with van der Waals surface area (Å²) in [6.07, 6.45) is 2.22. The van der Waals surface area contributed by atoms with Crippen LogP contribution in [0.25, 0.3) is 0 Å². The molecule has 3 nitrogen and oxygen atoms in total.